The minimum Gasteiger partial charge on any atom is -0.0894 e. The first-order valence-electron chi connectivity index (χ1n) is 5.36. The van der Waals surface area contributed by atoms with Gasteiger partial charge in [0.2, 0.25) is 0 Å². The average molecular weight is 236 g/mol. The first kappa shape index (κ1) is 12.6. The lowest BCUT2D eigenvalue weighted by molar-refractivity contribution is 1.31. The fourth-order valence-electron chi connectivity index (χ4n) is 1.91. The molecule has 1 aromatic carbocycles. The Bertz CT molecular complexity index is 376. The highest BCUT2D eigenvalue weighted by Crippen LogP contribution is 2.22. The van der Waals surface area contributed by atoms with Gasteiger partial charge >= 0.3 is 0 Å². The van der Waals surface area contributed by atoms with Crippen LogP contribution >= 0.6 is 12.2 Å². The molecule has 0 aliphatic rings. The van der Waals surface area contributed by atoms with E-state index in [1.165, 1.54) is 26.7 Å². The van der Waals surface area contributed by atoms with Crippen molar-refractivity contribution in [1.29, 1.82) is 0 Å². The Morgan fingerprint density at radius 1 is 1.00 bits per heavy atom. The molecule has 15 heavy (non-hydrogen) atoms. The second-order valence-electron chi connectivity index (χ2n) is 5.35. The van der Waals surface area contributed by atoms with Gasteiger partial charge < -0.3 is 0 Å². The van der Waals surface area contributed by atoms with Crippen LogP contribution in [-0.2, 0) is 0 Å². The van der Waals surface area contributed by atoms with Gasteiger partial charge in [0.15, 0.2) is 0 Å². The van der Waals surface area contributed by atoms with E-state index >= 15 is 0 Å². The summed E-state index contributed by atoms with van der Waals surface area (Å²) in [6.07, 6.45) is 0. The predicted octanol–water partition coefficient (Wildman–Crippen LogP) is 4.21. The molecule has 82 valence electrons. The lowest BCUT2D eigenvalue weighted by Gasteiger charge is -2.21. The van der Waals surface area contributed by atoms with Crippen LogP contribution in [0.15, 0.2) is 12.1 Å². The third-order valence-corrected chi connectivity index (χ3v) is 6.24. The van der Waals surface area contributed by atoms with Crippen LogP contribution in [0.1, 0.15) is 22.3 Å². The van der Waals surface area contributed by atoms with Crippen LogP contribution in [0.3, 0.4) is 0 Å². The van der Waals surface area contributed by atoms with Gasteiger partial charge in [0.25, 0.3) is 0 Å². The van der Waals surface area contributed by atoms with E-state index in [4.69, 9.17) is 12.2 Å². The van der Waals surface area contributed by atoms with E-state index < -0.39 is 8.07 Å². The molecular formula is C13H20SSi. The first-order valence-corrected chi connectivity index (χ1v) is 9.27. The van der Waals surface area contributed by atoms with E-state index in [2.05, 4.69) is 52.5 Å². The number of rotatable bonds is 2. The zero-order chi connectivity index (χ0) is 11.8. The Hall–Kier alpha value is -0.473. The minimum atomic E-state index is -1.35. The van der Waals surface area contributed by atoms with Crippen molar-refractivity contribution in [2.24, 2.45) is 0 Å². The molecule has 0 bridgehead atoms. The van der Waals surface area contributed by atoms with Gasteiger partial charge in [0.05, 0.1) is 8.07 Å². The number of aryl methyl sites for hydroxylation is 3. The quantitative estimate of drug-likeness (QED) is 0.547. The van der Waals surface area contributed by atoms with Gasteiger partial charge in [-0.25, -0.2) is 0 Å². The summed E-state index contributed by atoms with van der Waals surface area (Å²) in [5, 5.41) is 0. The van der Waals surface area contributed by atoms with Crippen LogP contribution in [0.25, 0.3) is 0 Å². The molecule has 0 atom stereocenters. The maximum Gasteiger partial charge on any atom is 0.0923 e. The maximum atomic E-state index is 5.64. The van der Waals surface area contributed by atoms with Gasteiger partial charge in [0.1, 0.15) is 0 Å². The highest BCUT2D eigenvalue weighted by Gasteiger charge is 2.23. The van der Waals surface area contributed by atoms with Crippen molar-refractivity contribution in [2.45, 2.75) is 40.4 Å². The molecule has 0 amide bonds. The molecule has 0 aliphatic heterocycles. The summed E-state index contributed by atoms with van der Waals surface area (Å²) in [5.41, 5.74) is 5.32. The topological polar surface area (TPSA) is 0 Å². The zero-order valence-corrected chi connectivity index (χ0v) is 12.4. The molecule has 0 radical (unpaired) electrons. The van der Waals surface area contributed by atoms with Crippen molar-refractivity contribution in [2.75, 3.05) is 0 Å². The largest absolute Gasteiger partial charge is 0.0923 e. The highest BCUT2D eigenvalue weighted by atomic mass is 32.1. The van der Waals surface area contributed by atoms with Crippen LogP contribution in [0, 0.1) is 20.8 Å². The van der Waals surface area contributed by atoms with Crippen LogP contribution in [-0.4, -0.2) is 12.6 Å². The molecule has 0 fully saturated rings. The average Bonchev–Trinajstić information content (AvgIpc) is 1.99. The lowest BCUT2D eigenvalue weighted by atomic mass is 10.0. The summed E-state index contributed by atoms with van der Waals surface area (Å²) in [4.78, 5) is 0. The third kappa shape index (κ3) is 2.76. The zero-order valence-electron chi connectivity index (χ0n) is 10.6. The van der Waals surface area contributed by atoms with E-state index in [1.54, 1.807) is 0 Å². The minimum absolute atomic E-state index is 1.21. The summed E-state index contributed by atoms with van der Waals surface area (Å²) < 4.78 is 1.21. The predicted molar refractivity (Wildman–Crippen MR) is 75.7 cm³/mol. The third-order valence-electron chi connectivity index (χ3n) is 2.59. The first-order chi connectivity index (χ1) is 6.73. The summed E-state index contributed by atoms with van der Waals surface area (Å²) in [6, 6.07) is 4.46. The van der Waals surface area contributed by atoms with Gasteiger partial charge in [-0.05, 0) is 37.5 Å². The fourth-order valence-corrected chi connectivity index (χ4v) is 3.38. The van der Waals surface area contributed by atoms with E-state index in [1.807, 2.05) is 0 Å². The molecule has 0 unspecified atom stereocenters. The molecule has 0 aromatic heterocycles. The van der Waals surface area contributed by atoms with Crippen LogP contribution < -0.4 is 0 Å². The molecule has 2 heteroatoms. The van der Waals surface area contributed by atoms with E-state index in [-0.39, 0.29) is 0 Å². The summed E-state index contributed by atoms with van der Waals surface area (Å²) >= 11 is 5.64. The Morgan fingerprint density at radius 3 is 1.73 bits per heavy atom. The Balaban J connectivity index is 3.33. The molecule has 0 nitrogen and oxygen atoms in total. The number of benzene rings is 1. The van der Waals surface area contributed by atoms with E-state index in [0.717, 1.165) is 0 Å². The van der Waals surface area contributed by atoms with Gasteiger partial charge in [-0.2, -0.15) is 0 Å². The van der Waals surface area contributed by atoms with Gasteiger partial charge in [-0.3, -0.25) is 0 Å². The molecule has 0 spiro atoms. The van der Waals surface area contributed by atoms with Gasteiger partial charge in [0, 0.05) is 4.49 Å². The monoisotopic (exact) mass is 236 g/mol. The van der Waals surface area contributed by atoms with Crippen molar-refractivity contribution in [3.63, 3.8) is 0 Å². The van der Waals surface area contributed by atoms with Gasteiger partial charge in [-0.15, -0.1) is 0 Å². The molecule has 0 saturated heterocycles. The molecule has 1 rings (SSSR count). The number of hydrogen-bond donors (Lipinski definition) is 0. The van der Waals surface area contributed by atoms with Crippen LogP contribution in [0.5, 0.6) is 0 Å². The summed E-state index contributed by atoms with van der Waals surface area (Å²) in [5.74, 6) is 0. The normalized spacial score (nSPS) is 11.6. The summed E-state index contributed by atoms with van der Waals surface area (Å²) in [7, 11) is -1.35. The Morgan fingerprint density at radius 2 is 1.40 bits per heavy atom. The Kier molecular flexibility index (Phi) is 3.51. The fraction of sp³-hybridized carbons (Fsp3) is 0.462. The number of hydrogen-bond acceptors (Lipinski definition) is 1. The number of thiocarbonyl (C=S) groups is 1. The molecule has 1 aromatic rings. The molecule has 0 aliphatic carbocycles. The molecular weight excluding hydrogens is 216 g/mol. The summed E-state index contributed by atoms with van der Waals surface area (Å²) in [6.45, 7) is 13.4. The van der Waals surface area contributed by atoms with E-state index in [9.17, 15) is 0 Å². The second kappa shape index (κ2) is 4.18. The smallest absolute Gasteiger partial charge is 0.0894 e. The molecule has 0 saturated carbocycles. The second-order valence-corrected chi connectivity index (χ2v) is 11.1. The van der Waals surface area contributed by atoms with Crippen molar-refractivity contribution in [3.8, 4) is 0 Å². The highest BCUT2D eigenvalue weighted by molar-refractivity contribution is 7.85. The molecule has 0 N–H and O–H groups in total. The van der Waals surface area contributed by atoms with Crippen molar-refractivity contribution in [1.82, 2.24) is 0 Å². The maximum absolute atomic E-state index is 5.64. The van der Waals surface area contributed by atoms with Crippen LogP contribution in [0.4, 0.5) is 0 Å². The van der Waals surface area contributed by atoms with Crippen molar-refractivity contribution in [3.05, 3.63) is 34.4 Å². The molecule has 0 heterocycles. The van der Waals surface area contributed by atoms with Crippen molar-refractivity contribution >= 4 is 24.8 Å². The van der Waals surface area contributed by atoms with Crippen LogP contribution in [0.2, 0.25) is 19.6 Å². The van der Waals surface area contributed by atoms with Crippen molar-refractivity contribution < 1.29 is 0 Å². The lowest BCUT2D eigenvalue weighted by Crippen LogP contribution is -2.33. The Labute approximate surface area is 99.7 Å². The SMILES string of the molecule is Cc1cc(C)c(C(=S)[Si](C)(C)C)c(C)c1. The van der Waals surface area contributed by atoms with E-state index in [0.29, 0.717) is 0 Å². The van der Waals surface area contributed by atoms with Gasteiger partial charge in [-0.1, -0.05) is 49.6 Å². The standard InChI is InChI=1S/C13H20SSi/c1-9-7-10(2)12(11(3)8-9)13(14)15(4,5)6/h7-8H,1-6H3.